The number of nitrogens with zero attached hydrogens (tertiary/aromatic N) is 2. The molecule has 1 heterocycles. The van der Waals surface area contributed by atoms with Crippen LogP contribution < -0.4 is 4.74 Å². The molecule has 2 aromatic rings. The van der Waals surface area contributed by atoms with Crippen molar-refractivity contribution >= 4 is 34.7 Å². The third-order valence-electron chi connectivity index (χ3n) is 2.52. The lowest BCUT2D eigenvalue weighted by Gasteiger charge is -2.07. The number of carbonyl (C=O) groups excluding carboxylic acids is 1. The van der Waals surface area contributed by atoms with Crippen LogP contribution in [0.4, 0.5) is 5.69 Å². The fourth-order valence-corrected chi connectivity index (χ4v) is 1.83. The first-order valence-corrected chi connectivity index (χ1v) is 6.42. The summed E-state index contributed by atoms with van der Waals surface area (Å²) >= 11 is 11.6. The van der Waals surface area contributed by atoms with E-state index < -0.39 is 4.92 Å². The molecule has 0 aliphatic heterocycles. The van der Waals surface area contributed by atoms with Crippen molar-refractivity contribution in [3.05, 3.63) is 56.3 Å². The van der Waals surface area contributed by atoms with Crippen LogP contribution >= 0.6 is 23.2 Å². The van der Waals surface area contributed by atoms with E-state index in [0.29, 0.717) is 0 Å². The predicted octanol–water partition coefficient (Wildman–Crippen LogP) is 4.29. The average molecular weight is 327 g/mol. The predicted molar refractivity (Wildman–Crippen MR) is 77.4 cm³/mol. The van der Waals surface area contributed by atoms with Crippen LogP contribution in [0.5, 0.6) is 11.5 Å². The third-order valence-corrected chi connectivity index (χ3v) is 3.25. The number of pyridine rings is 1. The summed E-state index contributed by atoms with van der Waals surface area (Å²) in [6, 6.07) is 5.30. The molecule has 0 unspecified atom stereocenters. The minimum Gasteiger partial charge on any atom is -0.448 e. The number of Topliss-reactive ketones (excluding diaryl/α,β-unsaturated/α-hetero) is 1. The maximum atomic E-state index is 11.1. The molecule has 2 rings (SSSR count). The first-order valence-electron chi connectivity index (χ1n) is 5.66. The van der Waals surface area contributed by atoms with Crippen LogP contribution in [-0.2, 0) is 0 Å². The summed E-state index contributed by atoms with van der Waals surface area (Å²) in [5.41, 5.74) is -0.0500. The van der Waals surface area contributed by atoms with Gasteiger partial charge in [0, 0.05) is 19.1 Å². The number of nitro benzene ring substituents is 1. The van der Waals surface area contributed by atoms with E-state index in [4.69, 9.17) is 27.9 Å². The van der Waals surface area contributed by atoms with Crippen LogP contribution in [0.2, 0.25) is 10.0 Å². The van der Waals surface area contributed by atoms with Crippen molar-refractivity contribution in [3.63, 3.8) is 0 Å². The number of benzene rings is 1. The minimum absolute atomic E-state index is 0.0563. The highest BCUT2D eigenvalue weighted by molar-refractivity contribution is 6.42. The summed E-state index contributed by atoms with van der Waals surface area (Å²) in [7, 11) is 0. The lowest BCUT2D eigenvalue weighted by molar-refractivity contribution is -0.385. The van der Waals surface area contributed by atoms with Gasteiger partial charge in [-0.2, -0.15) is 0 Å². The number of carbonyl (C=O) groups is 1. The number of aromatic nitrogens is 1. The first kappa shape index (κ1) is 15.2. The molecule has 21 heavy (non-hydrogen) atoms. The standard InChI is InChI=1S/C13H8Cl2N2O4/c1-7(18)11-3-2-8(6-16-11)21-13-5-10(15)9(14)4-12(13)17(19)20/h2-6H,1H3. The zero-order valence-electron chi connectivity index (χ0n) is 10.7. The average Bonchev–Trinajstić information content (AvgIpc) is 2.43. The van der Waals surface area contributed by atoms with Gasteiger partial charge in [-0.1, -0.05) is 23.2 Å². The van der Waals surface area contributed by atoms with Crippen molar-refractivity contribution in [1.82, 2.24) is 4.98 Å². The van der Waals surface area contributed by atoms with Gasteiger partial charge >= 0.3 is 5.69 Å². The van der Waals surface area contributed by atoms with Crippen molar-refractivity contribution < 1.29 is 14.5 Å². The summed E-state index contributed by atoms with van der Waals surface area (Å²) in [4.78, 5) is 25.4. The maximum Gasteiger partial charge on any atom is 0.313 e. The van der Waals surface area contributed by atoms with E-state index in [-0.39, 0.29) is 38.7 Å². The van der Waals surface area contributed by atoms with E-state index in [0.717, 1.165) is 6.07 Å². The van der Waals surface area contributed by atoms with Gasteiger partial charge in [-0.05, 0) is 12.1 Å². The lowest BCUT2D eigenvalue weighted by atomic mass is 10.2. The Bertz CT molecular complexity index is 717. The van der Waals surface area contributed by atoms with Crippen molar-refractivity contribution in [2.75, 3.05) is 0 Å². The van der Waals surface area contributed by atoms with E-state index in [9.17, 15) is 14.9 Å². The zero-order valence-corrected chi connectivity index (χ0v) is 12.2. The topological polar surface area (TPSA) is 82.3 Å². The number of nitro groups is 1. The molecule has 1 aromatic heterocycles. The Hall–Kier alpha value is -2.18. The summed E-state index contributed by atoms with van der Waals surface area (Å²) < 4.78 is 5.38. The highest BCUT2D eigenvalue weighted by atomic mass is 35.5. The van der Waals surface area contributed by atoms with Crippen LogP contribution in [0, 0.1) is 10.1 Å². The zero-order chi connectivity index (χ0) is 15.6. The molecule has 0 spiro atoms. The molecule has 8 heteroatoms. The van der Waals surface area contributed by atoms with Crippen molar-refractivity contribution in [2.24, 2.45) is 0 Å². The van der Waals surface area contributed by atoms with Crippen LogP contribution in [-0.4, -0.2) is 15.7 Å². The normalized spacial score (nSPS) is 10.2. The number of hydrogen-bond acceptors (Lipinski definition) is 5. The van der Waals surface area contributed by atoms with Gasteiger partial charge in [0.05, 0.1) is 21.2 Å². The smallest absolute Gasteiger partial charge is 0.313 e. The van der Waals surface area contributed by atoms with Crippen LogP contribution in [0.15, 0.2) is 30.5 Å². The number of ether oxygens (including phenoxy) is 1. The highest BCUT2D eigenvalue weighted by Gasteiger charge is 2.19. The van der Waals surface area contributed by atoms with E-state index >= 15 is 0 Å². The number of hydrogen-bond donors (Lipinski definition) is 0. The molecule has 0 aliphatic carbocycles. The summed E-state index contributed by atoms with van der Waals surface area (Å²) in [5.74, 6) is -0.0182. The Morgan fingerprint density at radius 1 is 1.29 bits per heavy atom. The second-order valence-electron chi connectivity index (χ2n) is 4.03. The van der Waals surface area contributed by atoms with Crippen LogP contribution in [0.25, 0.3) is 0 Å². The molecule has 6 nitrogen and oxygen atoms in total. The van der Waals surface area contributed by atoms with Crippen molar-refractivity contribution in [3.8, 4) is 11.5 Å². The Morgan fingerprint density at radius 2 is 1.95 bits per heavy atom. The Kier molecular flexibility index (Phi) is 4.40. The SMILES string of the molecule is CC(=O)c1ccc(Oc2cc(Cl)c(Cl)cc2[N+](=O)[O-])cn1. The van der Waals surface area contributed by atoms with Gasteiger partial charge in [0.2, 0.25) is 5.75 Å². The molecule has 0 aliphatic rings. The Morgan fingerprint density at radius 3 is 2.48 bits per heavy atom. The second kappa shape index (κ2) is 6.07. The third kappa shape index (κ3) is 3.48. The molecule has 0 amide bonds. The van der Waals surface area contributed by atoms with E-state index in [2.05, 4.69) is 4.98 Å². The van der Waals surface area contributed by atoms with Crippen LogP contribution in [0.3, 0.4) is 0 Å². The number of halogens is 2. The van der Waals surface area contributed by atoms with Gasteiger partial charge in [0.25, 0.3) is 0 Å². The van der Waals surface area contributed by atoms with E-state index in [1.807, 2.05) is 0 Å². The van der Waals surface area contributed by atoms with Gasteiger partial charge in [0.15, 0.2) is 5.78 Å². The Labute approximate surface area is 129 Å². The van der Waals surface area contributed by atoms with Gasteiger partial charge in [-0.3, -0.25) is 14.9 Å². The van der Waals surface area contributed by atoms with Crippen LogP contribution in [0.1, 0.15) is 17.4 Å². The van der Waals surface area contributed by atoms with Crippen molar-refractivity contribution in [2.45, 2.75) is 6.92 Å². The maximum absolute atomic E-state index is 11.1. The highest BCUT2D eigenvalue weighted by Crippen LogP contribution is 2.37. The van der Waals surface area contributed by atoms with E-state index in [1.54, 1.807) is 0 Å². The minimum atomic E-state index is -0.630. The lowest BCUT2D eigenvalue weighted by Crippen LogP contribution is -1.97. The Balaban J connectivity index is 2.36. The first-order chi connectivity index (χ1) is 9.88. The molecule has 0 radical (unpaired) electrons. The number of rotatable bonds is 4. The molecular formula is C13H8Cl2N2O4. The fourth-order valence-electron chi connectivity index (χ4n) is 1.52. The monoisotopic (exact) mass is 326 g/mol. The van der Waals surface area contributed by atoms with E-state index in [1.165, 1.54) is 31.3 Å². The second-order valence-corrected chi connectivity index (χ2v) is 4.84. The summed E-state index contributed by atoms with van der Waals surface area (Å²) in [5, 5.41) is 11.2. The fraction of sp³-hybridized carbons (Fsp3) is 0.0769. The quantitative estimate of drug-likeness (QED) is 0.475. The molecular weight excluding hydrogens is 319 g/mol. The summed E-state index contributed by atoms with van der Waals surface area (Å²) in [6.45, 7) is 1.38. The largest absolute Gasteiger partial charge is 0.448 e. The molecule has 0 fully saturated rings. The molecule has 1 aromatic carbocycles. The molecule has 0 saturated heterocycles. The summed E-state index contributed by atoms with van der Waals surface area (Å²) in [6.07, 6.45) is 1.29. The van der Waals surface area contributed by atoms with Gasteiger partial charge in [0.1, 0.15) is 11.4 Å². The van der Waals surface area contributed by atoms with Gasteiger partial charge in [-0.15, -0.1) is 0 Å². The molecule has 0 N–H and O–H groups in total. The molecule has 0 atom stereocenters. The van der Waals surface area contributed by atoms with Crippen molar-refractivity contribution in [1.29, 1.82) is 0 Å². The molecule has 108 valence electrons. The molecule has 0 saturated carbocycles. The van der Waals surface area contributed by atoms with Gasteiger partial charge < -0.3 is 4.74 Å². The molecule has 0 bridgehead atoms. The number of ketones is 1. The van der Waals surface area contributed by atoms with Gasteiger partial charge in [-0.25, -0.2) is 4.98 Å².